The van der Waals surface area contributed by atoms with E-state index in [4.69, 9.17) is 4.74 Å². The number of rotatable bonds is 1. The number of halogens is 2. The smallest absolute Gasteiger partial charge is 0.325 e. The Morgan fingerprint density at radius 1 is 1.36 bits per heavy atom. The van der Waals surface area contributed by atoms with Crippen LogP contribution in [0, 0.1) is 17.8 Å². The molecule has 5 aliphatic rings. The van der Waals surface area contributed by atoms with E-state index in [1.165, 1.54) is 4.90 Å². The van der Waals surface area contributed by atoms with Crippen LogP contribution in [0.25, 0.3) is 0 Å². The number of piperidine rings is 3. The molecule has 0 radical (unpaired) electrons. The maximum atomic E-state index is 12.5. The van der Waals surface area contributed by atoms with Crippen molar-refractivity contribution in [3.05, 3.63) is 35.9 Å². The summed E-state index contributed by atoms with van der Waals surface area (Å²) in [7, 11) is 0. The summed E-state index contributed by atoms with van der Waals surface area (Å²) in [5.41, 5.74) is 0.727. The molecule has 0 aromatic carbocycles. The highest BCUT2D eigenvalue weighted by Crippen LogP contribution is 2.29. The minimum atomic E-state index is -2.69. The average molecular weight is 347 g/mol. The van der Waals surface area contributed by atoms with Crippen molar-refractivity contribution in [3.8, 4) is 11.8 Å². The molecular weight excluding hydrogens is 328 g/mol. The molecule has 132 valence electrons. The first kappa shape index (κ1) is 16.2. The SMILES string of the molecule is O=C(N[C@H]1CN2CCC1CC2)N1C=CC2OC(C#CC(F)F)=CC2=C1. The second-order valence-electron chi connectivity index (χ2n) is 6.69. The highest BCUT2D eigenvalue weighted by molar-refractivity contribution is 5.77. The molecule has 0 aromatic heterocycles. The van der Waals surface area contributed by atoms with Gasteiger partial charge in [-0.2, -0.15) is 8.78 Å². The minimum absolute atomic E-state index is 0.179. The Morgan fingerprint density at radius 3 is 2.84 bits per heavy atom. The third-order valence-electron chi connectivity index (χ3n) is 5.09. The lowest BCUT2D eigenvalue weighted by atomic mass is 9.84. The Balaban J connectivity index is 1.41. The standard InChI is InChI=1S/C18H19F2N3O2/c19-17(20)2-1-14-9-13-10-23(8-5-16(13)25-14)18(24)21-15-11-22-6-3-12(15)4-7-22/h5,8-10,12,15-17H,3-4,6-7,11H2,(H,21,24)/t15-,16?/m0/s1. The molecule has 5 nitrogen and oxygen atoms in total. The zero-order valence-corrected chi connectivity index (χ0v) is 13.6. The summed E-state index contributed by atoms with van der Waals surface area (Å²) in [5.74, 6) is 4.83. The molecule has 3 fully saturated rings. The second-order valence-corrected chi connectivity index (χ2v) is 6.69. The summed E-state index contributed by atoms with van der Waals surface area (Å²) in [6.45, 7) is 3.15. The van der Waals surface area contributed by atoms with Crippen molar-refractivity contribution in [2.75, 3.05) is 19.6 Å². The fraction of sp³-hybridized carbons (Fsp3) is 0.500. The molecule has 0 spiro atoms. The first-order valence-corrected chi connectivity index (χ1v) is 8.48. The molecular formula is C18H19F2N3O2. The number of ether oxygens (including phenoxy) is 1. The Hall–Kier alpha value is -2.33. The van der Waals surface area contributed by atoms with Gasteiger partial charge in [0.15, 0.2) is 5.76 Å². The number of alkyl halides is 2. The maximum absolute atomic E-state index is 12.5. The second kappa shape index (κ2) is 6.52. The predicted molar refractivity (Wildman–Crippen MR) is 87.3 cm³/mol. The van der Waals surface area contributed by atoms with Gasteiger partial charge in [0.2, 0.25) is 0 Å². The molecule has 3 saturated heterocycles. The monoisotopic (exact) mass is 347 g/mol. The van der Waals surface area contributed by atoms with Gasteiger partial charge in [-0.15, -0.1) is 0 Å². The van der Waals surface area contributed by atoms with Gasteiger partial charge in [0.1, 0.15) is 6.10 Å². The third kappa shape index (κ3) is 3.40. The molecule has 2 atom stereocenters. The van der Waals surface area contributed by atoms with Gasteiger partial charge in [-0.25, -0.2) is 4.79 Å². The van der Waals surface area contributed by atoms with Crippen molar-refractivity contribution in [3.63, 3.8) is 0 Å². The molecule has 25 heavy (non-hydrogen) atoms. The van der Waals surface area contributed by atoms with Gasteiger partial charge in [0, 0.05) is 30.6 Å². The van der Waals surface area contributed by atoms with Gasteiger partial charge < -0.3 is 15.0 Å². The topological polar surface area (TPSA) is 44.8 Å². The van der Waals surface area contributed by atoms with E-state index in [0.29, 0.717) is 5.92 Å². The van der Waals surface area contributed by atoms with Gasteiger partial charge >= 0.3 is 6.03 Å². The van der Waals surface area contributed by atoms with Crippen molar-refractivity contribution in [1.29, 1.82) is 0 Å². The molecule has 5 rings (SSSR count). The number of nitrogens with zero attached hydrogens (tertiary/aromatic N) is 2. The van der Waals surface area contributed by atoms with Crippen LogP contribution in [0.2, 0.25) is 0 Å². The van der Waals surface area contributed by atoms with E-state index in [0.717, 1.165) is 38.0 Å². The van der Waals surface area contributed by atoms with Gasteiger partial charge in [0.05, 0.1) is 0 Å². The number of allylic oxidation sites excluding steroid dienone is 1. The van der Waals surface area contributed by atoms with Crippen LogP contribution in [-0.4, -0.2) is 54.0 Å². The molecule has 1 N–H and O–H groups in total. The van der Waals surface area contributed by atoms with Gasteiger partial charge in [-0.3, -0.25) is 4.90 Å². The lowest BCUT2D eigenvalue weighted by molar-refractivity contribution is 0.0751. The molecule has 1 unspecified atom stereocenters. The van der Waals surface area contributed by atoms with Crippen LogP contribution in [0.5, 0.6) is 0 Å². The lowest BCUT2D eigenvalue weighted by Crippen LogP contribution is -2.58. The Kier molecular flexibility index (Phi) is 4.22. The van der Waals surface area contributed by atoms with Crippen LogP contribution in [-0.2, 0) is 4.74 Å². The van der Waals surface area contributed by atoms with Crippen molar-refractivity contribution < 1.29 is 18.3 Å². The number of urea groups is 1. The minimum Gasteiger partial charge on any atom is -0.473 e. The fourth-order valence-corrected chi connectivity index (χ4v) is 3.79. The van der Waals surface area contributed by atoms with E-state index in [1.54, 1.807) is 30.5 Å². The van der Waals surface area contributed by atoms with E-state index in [2.05, 4.69) is 16.1 Å². The van der Waals surface area contributed by atoms with Crippen molar-refractivity contribution in [2.24, 2.45) is 5.92 Å². The number of hydrogen-bond acceptors (Lipinski definition) is 3. The zero-order valence-electron chi connectivity index (χ0n) is 13.6. The van der Waals surface area contributed by atoms with Crippen LogP contribution >= 0.6 is 0 Å². The summed E-state index contributed by atoms with van der Waals surface area (Å²) in [5, 5.41) is 3.11. The molecule has 5 aliphatic heterocycles. The molecule has 2 bridgehead atoms. The average Bonchev–Trinajstić information content (AvgIpc) is 3.03. The molecule has 5 heterocycles. The summed E-state index contributed by atoms with van der Waals surface area (Å²) in [6, 6.07) is 0.00354. The molecule has 0 saturated carbocycles. The fourth-order valence-electron chi connectivity index (χ4n) is 3.79. The van der Waals surface area contributed by atoms with Gasteiger partial charge in [0.25, 0.3) is 6.43 Å². The summed E-state index contributed by atoms with van der Waals surface area (Å²) in [4.78, 5) is 16.4. The van der Waals surface area contributed by atoms with Crippen molar-refractivity contribution in [1.82, 2.24) is 15.1 Å². The van der Waals surface area contributed by atoms with E-state index in [-0.39, 0.29) is 23.9 Å². The number of amides is 2. The van der Waals surface area contributed by atoms with E-state index < -0.39 is 6.43 Å². The number of hydrogen-bond donors (Lipinski definition) is 1. The predicted octanol–water partition coefficient (Wildman–Crippen LogP) is 2.05. The number of fused-ring (bicyclic) bond motifs is 4. The van der Waals surface area contributed by atoms with Gasteiger partial charge in [-0.05, 0) is 55.8 Å². The van der Waals surface area contributed by atoms with Crippen molar-refractivity contribution >= 4 is 6.03 Å². The van der Waals surface area contributed by atoms with E-state index >= 15 is 0 Å². The molecule has 0 aromatic rings. The summed E-state index contributed by atoms with van der Waals surface area (Å²) in [6.07, 6.45) is 5.82. The first-order valence-electron chi connectivity index (χ1n) is 8.48. The van der Waals surface area contributed by atoms with Gasteiger partial charge in [-0.1, -0.05) is 0 Å². The van der Waals surface area contributed by atoms with Crippen LogP contribution in [0.1, 0.15) is 12.8 Å². The Labute approximate surface area is 145 Å². The first-order chi connectivity index (χ1) is 12.1. The van der Waals surface area contributed by atoms with E-state index in [9.17, 15) is 13.6 Å². The Bertz CT molecular complexity index is 712. The van der Waals surface area contributed by atoms with Crippen molar-refractivity contribution in [2.45, 2.75) is 31.4 Å². The molecule has 0 aliphatic carbocycles. The number of carbonyl (C=O) groups is 1. The summed E-state index contributed by atoms with van der Waals surface area (Å²) < 4.78 is 29.8. The van der Waals surface area contributed by atoms with Crippen LogP contribution < -0.4 is 5.32 Å². The molecule has 2 amide bonds. The quantitative estimate of drug-likeness (QED) is 0.739. The van der Waals surface area contributed by atoms with Crippen LogP contribution in [0.15, 0.2) is 35.9 Å². The van der Waals surface area contributed by atoms with Crippen LogP contribution in [0.4, 0.5) is 13.6 Å². The molecule has 7 heteroatoms. The third-order valence-corrected chi connectivity index (χ3v) is 5.09. The van der Waals surface area contributed by atoms with E-state index in [1.807, 2.05) is 0 Å². The highest BCUT2D eigenvalue weighted by Gasteiger charge is 2.35. The highest BCUT2D eigenvalue weighted by atomic mass is 19.3. The number of carbonyl (C=O) groups excluding carboxylic acids is 1. The number of nitrogens with one attached hydrogen (secondary N) is 1. The lowest BCUT2D eigenvalue weighted by Gasteiger charge is -2.45. The maximum Gasteiger partial charge on any atom is 0.325 e. The normalized spacial score (nSPS) is 32.4. The zero-order chi connectivity index (χ0) is 17.4. The van der Waals surface area contributed by atoms with Crippen LogP contribution in [0.3, 0.4) is 0 Å². The Morgan fingerprint density at radius 2 is 2.16 bits per heavy atom. The largest absolute Gasteiger partial charge is 0.473 e. The summed E-state index contributed by atoms with van der Waals surface area (Å²) >= 11 is 0.